The Labute approximate surface area is 135 Å². The Balaban J connectivity index is 1.77. The Morgan fingerprint density at radius 2 is 1.64 bits per heavy atom. The molecule has 124 valence electrons. The predicted molar refractivity (Wildman–Crippen MR) is 91.6 cm³/mol. The van der Waals surface area contributed by atoms with Gasteiger partial charge >= 0.3 is 0 Å². The molecule has 1 aromatic carbocycles. The van der Waals surface area contributed by atoms with E-state index in [1.807, 2.05) is 12.1 Å². The second kappa shape index (κ2) is 7.98. The third-order valence-electron chi connectivity index (χ3n) is 4.33. The summed E-state index contributed by atoms with van der Waals surface area (Å²) in [6, 6.07) is 8.21. The molecule has 1 atom stereocenters. The molecule has 1 heterocycles. The molecule has 1 aliphatic rings. The number of hydrogen-bond acceptors (Lipinski definition) is 3. The summed E-state index contributed by atoms with van der Waals surface area (Å²) in [4.78, 5) is 2.36. The Bertz CT molecular complexity index is 428. The average molecular weight is 305 g/mol. The van der Waals surface area contributed by atoms with E-state index in [9.17, 15) is 5.11 Å². The maximum Gasteiger partial charge on any atom is 0.119 e. The highest BCUT2D eigenvalue weighted by atomic mass is 16.5. The normalized spacial score (nSPS) is 18.7. The van der Waals surface area contributed by atoms with Crippen molar-refractivity contribution in [3.05, 3.63) is 29.8 Å². The van der Waals surface area contributed by atoms with Gasteiger partial charge in [0.25, 0.3) is 0 Å². The molecule has 0 aliphatic carbocycles. The van der Waals surface area contributed by atoms with Crippen LogP contribution < -0.4 is 4.74 Å². The monoisotopic (exact) mass is 305 g/mol. The zero-order valence-electron chi connectivity index (χ0n) is 14.3. The molecule has 0 saturated carbocycles. The van der Waals surface area contributed by atoms with Gasteiger partial charge in [0, 0.05) is 6.54 Å². The number of hydrogen-bond donors (Lipinski definition) is 1. The van der Waals surface area contributed by atoms with Crippen molar-refractivity contribution in [1.29, 1.82) is 0 Å². The minimum atomic E-state index is -0.416. The lowest BCUT2D eigenvalue weighted by Crippen LogP contribution is -2.36. The number of likely N-dealkylation sites (tertiary alicyclic amines) is 1. The maximum atomic E-state index is 10.2. The van der Waals surface area contributed by atoms with Crippen molar-refractivity contribution < 1.29 is 9.84 Å². The second-order valence-corrected chi connectivity index (χ2v) is 7.45. The van der Waals surface area contributed by atoms with Crippen LogP contribution in [0.15, 0.2) is 24.3 Å². The van der Waals surface area contributed by atoms with Crippen molar-refractivity contribution in [3.8, 4) is 5.75 Å². The van der Waals surface area contributed by atoms with Crippen LogP contribution in [0.25, 0.3) is 0 Å². The quantitative estimate of drug-likeness (QED) is 0.902. The topological polar surface area (TPSA) is 32.7 Å². The van der Waals surface area contributed by atoms with Gasteiger partial charge in [0.05, 0.1) is 0 Å². The van der Waals surface area contributed by atoms with Gasteiger partial charge < -0.3 is 14.7 Å². The molecule has 0 spiro atoms. The van der Waals surface area contributed by atoms with Crippen LogP contribution in [0, 0.1) is 0 Å². The summed E-state index contributed by atoms with van der Waals surface area (Å²) in [6.07, 6.45) is 4.73. The number of aliphatic hydroxyl groups is 1. The SMILES string of the molecule is CC(C)(C)c1ccc(OCC(O)CN2CCCCCC2)cc1. The van der Waals surface area contributed by atoms with Gasteiger partial charge in [-0.05, 0) is 49.0 Å². The molecule has 2 rings (SSSR count). The minimum Gasteiger partial charge on any atom is -0.491 e. The molecular weight excluding hydrogens is 274 g/mol. The zero-order valence-corrected chi connectivity index (χ0v) is 14.3. The average Bonchev–Trinajstić information content (AvgIpc) is 2.73. The number of nitrogens with zero attached hydrogens (tertiary/aromatic N) is 1. The van der Waals surface area contributed by atoms with E-state index < -0.39 is 6.10 Å². The van der Waals surface area contributed by atoms with Crippen LogP contribution in [0.1, 0.15) is 52.0 Å². The molecule has 1 N–H and O–H groups in total. The first-order valence-corrected chi connectivity index (χ1v) is 8.59. The van der Waals surface area contributed by atoms with Gasteiger partial charge in [0.2, 0.25) is 0 Å². The summed E-state index contributed by atoms with van der Waals surface area (Å²) in [6.45, 7) is 9.91. The van der Waals surface area contributed by atoms with Crippen molar-refractivity contribution in [2.75, 3.05) is 26.2 Å². The molecule has 3 nitrogen and oxygen atoms in total. The molecule has 1 aliphatic heterocycles. The molecule has 1 fully saturated rings. The smallest absolute Gasteiger partial charge is 0.119 e. The molecular formula is C19H31NO2. The van der Waals surface area contributed by atoms with Crippen molar-refractivity contribution in [1.82, 2.24) is 4.90 Å². The van der Waals surface area contributed by atoms with Gasteiger partial charge in [-0.1, -0.05) is 45.7 Å². The maximum absolute atomic E-state index is 10.2. The zero-order chi connectivity index (χ0) is 16.0. The summed E-state index contributed by atoms with van der Waals surface area (Å²) in [7, 11) is 0. The largest absolute Gasteiger partial charge is 0.491 e. The molecule has 22 heavy (non-hydrogen) atoms. The van der Waals surface area contributed by atoms with Gasteiger partial charge in [0.1, 0.15) is 18.5 Å². The van der Waals surface area contributed by atoms with E-state index in [0.717, 1.165) is 25.4 Å². The minimum absolute atomic E-state index is 0.158. The lowest BCUT2D eigenvalue weighted by molar-refractivity contribution is 0.0693. The van der Waals surface area contributed by atoms with Crippen LogP contribution in [0.3, 0.4) is 0 Å². The standard InChI is InChI=1S/C19H31NO2/c1-19(2,3)16-8-10-18(11-9-16)22-15-17(21)14-20-12-6-4-5-7-13-20/h8-11,17,21H,4-7,12-15H2,1-3H3. The highest BCUT2D eigenvalue weighted by Crippen LogP contribution is 2.24. The van der Waals surface area contributed by atoms with Crippen molar-refractivity contribution in [2.24, 2.45) is 0 Å². The Morgan fingerprint density at radius 1 is 1.05 bits per heavy atom. The summed E-state index contributed by atoms with van der Waals surface area (Å²) < 4.78 is 5.73. The molecule has 3 heteroatoms. The third-order valence-corrected chi connectivity index (χ3v) is 4.33. The Morgan fingerprint density at radius 3 is 2.18 bits per heavy atom. The summed E-state index contributed by atoms with van der Waals surface area (Å²) in [5.41, 5.74) is 1.45. The van der Waals surface area contributed by atoms with Gasteiger partial charge in [-0.3, -0.25) is 0 Å². The van der Waals surface area contributed by atoms with E-state index in [0.29, 0.717) is 6.61 Å². The number of ether oxygens (including phenoxy) is 1. The fourth-order valence-corrected chi connectivity index (χ4v) is 2.91. The summed E-state index contributed by atoms with van der Waals surface area (Å²) in [5, 5.41) is 10.2. The number of β-amino-alcohol motifs (C(OH)–C–C–N with tert-alkyl or cyclic N) is 1. The first-order chi connectivity index (χ1) is 10.4. The lowest BCUT2D eigenvalue weighted by atomic mass is 9.87. The van der Waals surface area contributed by atoms with Crippen LogP contribution in [-0.2, 0) is 5.41 Å². The van der Waals surface area contributed by atoms with Gasteiger partial charge in [0.15, 0.2) is 0 Å². The van der Waals surface area contributed by atoms with E-state index in [-0.39, 0.29) is 5.41 Å². The van der Waals surface area contributed by atoms with Crippen LogP contribution in [0.4, 0.5) is 0 Å². The highest BCUT2D eigenvalue weighted by molar-refractivity contribution is 5.31. The highest BCUT2D eigenvalue weighted by Gasteiger charge is 2.15. The van der Waals surface area contributed by atoms with Crippen LogP contribution in [0.5, 0.6) is 5.75 Å². The van der Waals surface area contributed by atoms with E-state index in [1.165, 1.54) is 31.2 Å². The van der Waals surface area contributed by atoms with Gasteiger partial charge in [-0.2, -0.15) is 0 Å². The van der Waals surface area contributed by atoms with Crippen molar-refractivity contribution in [3.63, 3.8) is 0 Å². The number of rotatable bonds is 5. The molecule has 0 bridgehead atoms. The number of benzene rings is 1. The molecule has 1 unspecified atom stereocenters. The molecule has 0 aromatic heterocycles. The van der Waals surface area contributed by atoms with Crippen LogP contribution in [-0.4, -0.2) is 42.4 Å². The van der Waals surface area contributed by atoms with Crippen molar-refractivity contribution >= 4 is 0 Å². The van der Waals surface area contributed by atoms with Gasteiger partial charge in [-0.25, -0.2) is 0 Å². The predicted octanol–water partition coefficient (Wildman–Crippen LogP) is 3.60. The number of aliphatic hydroxyl groups excluding tert-OH is 1. The second-order valence-electron chi connectivity index (χ2n) is 7.45. The molecule has 0 amide bonds. The van der Waals surface area contributed by atoms with Crippen molar-refractivity contribution in [2.45, 2.75) is 58.0 Å². The summed E-state index contributed by atoms with van der Waals surface area (Å²) in [5.74, 6) is 0.836. The Hall–Kier alpha value is -1.06. The fraction of sp³-hybridized carbons (Fsp3) is 0.684. The van der Waals surface area contributed by atoms with Gasteiger partial charge in [-0.15, -0.1) is 0 Å². The lowest BCUT2D eigenvalue weighted by Gasteiger charge is -2.23. The van der Waals surface area contributed by atoms with E-state index in [2.05, 4.69) is 37.8 Å². The third kappa shape index (κ3) is 5.62. The molecule has 1 saturated heterocycles. The van der Waals surface area contributed by atoms with E-state index in [1.54, 1.807) is 0 Å². The van der Waals surface area contributed by atoms with Crippen LogP contribution >= 0.6 is 0 Å². The molecule has 1 aromatic rings. The fourth-order valence-electron chi connectivity index (χ4n) is 2.91. The first-order valence-electron chi connectivity index (χ1n) is 8.59. The van der Waals surface area contributed by atoms with E-state index >= 15 is 0 Å². The van der Waals surface area contributed by atoms with Crippen LogP contribution in [0.2, 0.25) is 0 Å². The van der Waals surface area contributed by atoms with E-state index in [4.69, 9.17) is 4.74 Å². The summed E-state index contributed by atoms with van der Waals surface area (Å²) >= 11 is 0. The molecule has 0 radical (unpaired) electrons. The first kappa shape index (κ1) is 17.3. The Kier molecular flexibility index (Phi) is 6.27.